The van der Waals surface area contributed by atoms with Crippen molar-refractivity contribution in [3.8, 4) is 17.6 Å². The highest BCUT2D eigenvalue weighted by Gasteiger charge is 2.09. The Morgan fingerprint density at radius 1 is 0.966 bits per heavy atom. The van der Waals surface area contributed by atoms with Gasteiger partial charge >= 0.3 is 0 Å². The molecule has 5 nitrogen and oxygen atoms in total. The van der Waals surface area contributed by atoms with Crippen molar-refractivity contribution in [2.45, 2.75) is 6.54 Å². The molecule has 0 bridgehead atoms. The maximum atomic E-state index is 12.9. The van der Waals surface area contributed by atoms with Crippen LogP contribution in [0.15, 0.2) is 90.6 Å². The van der Waals surface area contributed by atoms with Crippen molar-refractivity contribution in [1.29, 1.82) is 5.26 Å². The summed E-state index contributed by atoms with van der Waals surface area (Å²) in [6.45, 7) is 0.365. The van der Waals surface area contributed by atoms with Gasteiger partial charge in [-0.15, -0.1) is 0 Å². The van der Waals surface area contributed by atoms with Crippen LogP contribution >= 0.6 is 0 Å². The van der Waals surface area contributed by atoms with Crippen LogP contribution in [0, 0.1) is 17.1 Å². The van der Waals surface area contributed by atoms with E-state index >= 15 is 0 Å². The summed E-state index contributed by atoms with van der Waals surface area (Å²) in [5.74, 6) is 0.495. The zero-order chi connectivity index (χ0) is 20.5. The Morgan fingerprint density at radius 2 is 1.62 bits per heavy atom. The summed E-state index contributed by atoms with van der Waals surface area (Å²) in [6.07, 6.45) is 1.34. The van der Waals surface area contributed by atoms with Crippen LogP contribution < -0.4 is 15.4 Å². The summed E-state index contributed by atoms with van der Waals surface area (Å²) in [6, 6.07) is 24.0. The van der Waals surface area contributed by atoms with Gasteiger partial charge in [-0.2, -0.15) is 5.26 Å². The van der Waals surface area contributed by atoms with E-state index in [-0.39, 0.29) is 11.4 Å². The molecule has 0 fully saturated rings. The standard InChI is InChI=1S/C23H18FN3O2/c24-19-8-6-17(7-9-19)15-26-16-18(14-25)23(28)27-20-10-12-22(13-11-20)29-21-4-2-1-3-5-21/h1-13,16,26H,15H2,(H,27,28)/b18-16-. The molecule has 2 N–H and O–H groups in total. The van der Waals surface area contributed by atoms with Crippen molar-refractivity contribution in [1.82, 2.24) is 5.32 Å². The van der Waals surface area contributed by atoms with Crippen LogP contribution in [0.4, 0.5) is 10.1 Å². The average Bonchev–Trinajstić information content (AvgIpc) is 2.74. The number of anilines is 1. The monoisotopic (exact) mass is 387 g/mol. The normalized spacial score (nSPS) is 10.7. The lowest BCUT2D eigenvalue weighted by Gasteiger charge is -2.08. The van der Waals surface area contributed by atoms with Crippen molar-refractivity contribution < 1.29 is 13.9 Å². The van der Waals surface area contributed by atoms with E-state index in [1.165, 1.54) is 18.3 Å². The van der Waals surface area contributed by atoms with Crippen molar-refractivity contribution in [3.05, 3.63) is 102 Å². The molecule has 0 unspecified atom stereocenters. The number of hydrogen-bond donors (Lipinski definition) is 2. The second kappa shape index (κ2) is 9.72. The molecule has 0 spiro atoms. The molecule has 0 heterocycles. The average molecular weight is 387 g/mol. The number of halogens is 1. The van der Waals surface area contributed by atoms with Crippen molar-refractivity contribution in [2.75, 3.05) is 5.32 Å². The molecule has 0 atom stereocenters. The van der Waals surface area contributed by atoms with Gasteiger partial charge < -0.3 is 15.4 Å². The molecule has 29 heavy (non-hydrogen) atoms. The number of amides is 1. The van der Waals surface area contributed by atoms with E-state index in [2.05, 4.69) is 10.6 Å². The molecular formula is C23H18FN3O2. The number of nitriles is 1. The zero-order valence-corrected chi connectivity index (χ0v) is 15.4. The van der Waals surface area contributed by atoms with Gasteiger partial charge in [-0.25, -0.2) is 4.39 Å². The number of benzene rings is 3. The number of carbonyl (C=O) groups is 1. The second-order valence-electron chi connectivity index (χ2n) is 6.07. The first-order chi connectivity index (χ1) is 14.1. The molecule has 0 aliphatic carbocycles. The van der Waals surface area contributed by atoms with Gasteiger partial charge in [-0.05, 0) is 54.1 Å². The van der Waals surface area contributed by atoms with Crippen LogP contribution in [0.3, 0.4) is 0 Å². The highest BCUT2D eigenvalue weighted by Crippen LogP contribution is 2.22. The lowest BCUT2D eigenvalue weighted by Crippen LogP contribution is -2.16. The SMILES string of the molecule is N#C/C(=C/NCc1ccc(F)cc1)C(=O)Nc1ccc(Oc2ccccc2)cc1. The summed E-state index contributed by atoms with van der Waals surface area (Å²) in [5.41, 5.74) is 1.29. The van der Waals surface area contributed by atoms with Gasteiger partial charge in [0.15, 0.2) is 0 Å². The Bertz CT molecular complexity index is 1020. The van der Waals surface area contributed by atoms with Crippen molar-refractivity contribution in [2.24, 2.45) is 0 Å². The van der Waals surface area contributed by atoms with E-state index in [0.29, 0.717) is 23.7 Å². The molecule has 0 aliphatic rings. The minimum atomic E-state index is -0.532. The van der Waals surface area contributed by atoms with E-state index in [9.17, 15) is 14.4 Å². The first-order valence-electron chi connectivity index (χ1n) is 8.86. The van der Waals surface area contributed by atoms with Gasteiger partial charge in [0.1, 0.15) is 29.0 Å². The largest absolute Gasteiger partial charge is 0.457 e. The molecule has 3 rings (SSSR count). The van der Waals surface area contributed by atoms with E-state index < -0.39 is 5.91 Å². The van der Waals surface area contributed by atoms with Gasteiger partial charge in [0, 0.05) is 18.4 Å². The molecule has 3 aromatic carbocycles. The summed E-state index contributed by atoms with van der Waals surface area (Å²) in [4.78, 5) is 12.3. The summed E-state index contributed by atoms with van der Waals surface area (Å²) in [7, 11) is 0. The molecule has 3 aromatic rings. The quantitative estimate of drug-likeness (QED) is 0.453. The van der Waals surface area contributed by atoms with Gasteiger partial charge in [-0.1, -0.05) is 30.3 Å². The third-order valence-corrected chi connectivity index (χ3v) is 3.92. The first-order valence-corrected chi connectivity index (χ1v) is 8.86. The summed E-state index contributed by atoms with van der Waals surface area (Å²) in [5, 5.41) is 14.8. The second-order valence-corrected chi connectivity index (χ2v) is 6.07. The molecular weight excluding hydrogens is 369 g/mol. The Kier molecular flexibility index (Phi) is 6.58. The Balaban J connectivity index is 1.56. The summed E-state index contributed by atoms with van der Waals surface area (Å²) < 4.78 is 18.6. The van der Waals surface area contributed by atoms with Crippen LogP contribution in [0.1, 0.15) is 5.56 Å². The highest BCUT2D eigenvalue weighted by molar-refractivity contribution is 6.06. The maximum absolute atomic E-state index is 12.9. The smallest absolute Gasteiger partial charge is 0.267 e. The zero-order valence-electron chi connectivity index (χ0n) is 15.4. The van der Waals surface area contributed by atoms with Crippen LogP contribution in [0.2, 0.25) is 0 Å². The fourth-order valence-electron chi connectivity index (χ4n) is 2.45. The lowest BCUT2D eigenvalue weighted by molar-refractivity contribution is -0.112. The van der Waals surface area contributed by atoms with Gasteiger partial charge in [-0.3, -0.25) is 4.79 Å². The van der Waals surface area contributed by atoms with Crippen molar-refractivity contribution >= 4 is 11.6 Å². The van der Waals surface area contributed by atoms with E-state index in [1.54, 1.807) is 36.4 Å². The Morgan fingerprint density at radius 3 is 2.28 bits per heavy atom. The number of hydrogen-bond acceptors (Lipinski definition) is 4. The molecule has 1 amide bonds. The number of nitrogens with one attached hydrogen (secondary N) is 2. The van der Waals surface area contributed by atoms with Crippen molar-refractivity contribution in [3.63, 3.8) is 0 Å². The Hall–Kier alpha value is -4.11. The van der Waals surface area contributed by atoms with Crippen LogP contribution in [-0.4, -0.2) is 5.91 Å². The minimum Gasteiger partial charge on any atom is -0.457 e. The van der Waals surface area contributed by atoms with Crippen LogP contribution in [0.5, 0.6) is 11.5 Å². The van der Waals surface area contributed by atoms with Crippen LogP contribution in [0.25, 0.3) is 0 Å². The molecule has 0 aromatic heterocycles. The molecule has 6 heteroatoms. The molecule has 144 valence electrons. The topological polar surface area (TPSA) is 74.2 Å². The third kappa shape index (κ3) is 5.94. The minimum absolute atomic E-state index is 0.0725. The summed E-state index contributed by atoms with van der Waals surface area (Å²) >= 11 is 0. The maximum Gasteiger partial charge on any atom is 0.267 e. The fourth-order valence-corrected chi connectivity index (χ4v) is 2.45. The number of para-hydroxylation sites is 1. The molecule has 0 aliphatic heterocycles. The predicted octanol–water partition coefficient (Wildman–Crippen LogP) is 4.75. The van der Waals surface area contributed by atoms with E-state index in [1.807, 2.05) is 36.4 Å². The first kappa shape index (κ1) is 19.6. The van der Waals surface area contributed by atoms with Gasteiger partial charge in [0.2, 0.25) is 0 Å². The number of ether oxygens (including phenoxy) is 1. The number of nitrogens with zero attached hydrogens (tertiary/aromatic N) is 1. The fraction of sp³-hybridized carbons (Fsp3) is 0.0435. The predicted molar refractivity (Wildman–Crippen MR) is 109 cm³/mol. The molecule has 0 saturated carbocycles. The van der Waals surface area contributed by atoms with Gasteiger partial charge in [0.05, 0.1) is 0 Å². The third-order valence-electron chi connectivity index (χ3n) is 3.92. The Labute approximate surface area is 168 Å². The van der Waals surface area contributed by atoms with Crippen LogP contribution in [-0.2, 0) is 11.3 Å². The molecule has 0 saturated heterocycles. The van der Waals surface area contributed by atoms with Gasteiger partial charge in [0.25, 0.3) is 5.91 Å². The van der Waals surface area contributed by atoms with E-state index in [4.69, 9.17) is 4.74 Å². The molecule has 0 radical (unpaired) electrons. The lowest BCUT2D eigenvalue weighted by atomic mass is 10.2. The number of carbonyl (C=O) groups excluding carboxylic acids is 1. The number of rotatable bonds is 7. The highest BCUT2D eigenvalue weighted by atomic mass is 19.1. The van der Waals surface area contributed by atoms with E-state index in [0.717, 1.165) is 5.56 Å².